The van der Waals surface area contributed by atoms with E-state index in [1.165, 1.54) is 12.1 Å². The summed E-state index contributed by atoms with van der Waals surface area (Å²) in [5, 5.41) is 0. The van der Waals surface area contributed by atoms with Crippen LogP contribution in [-0.2, 0) is 24.4 Å². The van der Waals surface area contributed by atoms with Crippen molar-refractivity contribution in [1.29, 1.82) is 0 Å². The molecule has 1 aliphatic carbocycles. The first-order chi connectivity index (χ1) is 16.1. The van der Waals surface area contributed by atoms with Gasteiger partial charge in [-0.3, -0.25) is 4.18 Å². The molecule has 0 saturated heterocycles. The third kappa shape index (κ3) is 7.20. The molecule has 1 aliphatic rings. The van der Waals surface area contributed by atoms with Gasteiger partial charge < -0.3 is 4.55 Å². The predicted octanol–water partition coefficient (Wildman–Crippen LogP) is 4.14. The molecule has 0 aliphatic heterocycles. The Labute approximate surface area is 201 Å². The Bertz CT molecular complexity index is 1270. The highest BCUT2D eigenvalue weighted by Gasteiger charge is 2.35. The van der Waals surface area contributed by atoms with Gasteiger partial charge in [0.15, 0.2) is 11.9 Å². The van der Waals surface area contributed by atoms with Crippen molar-refractivity contribution < 1.29 is 30.6 Å². The molecule has 182 valence electrons. The van der Waals surface area contributed by atoms with Gasteiger partial charge in [-0.05, 0) is 51.0 Å². The molecule has 1 saturated carbocycles. The third-order valence-electron chi connectivity index (χ3n) is 5.70. The molecule has 0 spiro atoms. The van der Waals surface area contributed by atoms with Crippen LogP contribution >= 0.6 is 0 Å². The zero-order valence-corrected chi connectivity index (χ0v) is 20.8. The molecule has 2 unspecified atom stereocenters. The van der Waals surface area contributed by atoms with Gasteiger partial charge in [-0.1, -0.05) is 54.3 Å². The maximum atomic E-state index is 12.6. The Morgan fingerprint density at radius 1 is 0.794 bits per heavy atom. The lowest BCUT2D eigenvalue weighted by Crippen LogP contribution is -2.32. The molecule has 9 heteroatoms. The van der Waals surface area contributed by atoms with Crippen LogP contribution in [-0.4, -0.2) is 27.5 Å². The van der Waals surface area contributed by atoms with Crippen LogP contribution < -0.4 is 4.98 Å². The van der Waals surface area contributed by atoms with E-state index in [2.05, 4.69) is 4.98 Å². The minimum absolute atomic E-state index is 0.0881. The highest BCUT2D eigenvalue weighted by Crippen LogP contribution is 2.35. The number of aromatic nitrogens is 1. The number of hydrogen-bond donors (Lipinski definition) is 0. The Morgan fingerprint density at radius 3 is 1.88 bits per heavy atom. The molecule has 0 amide bonds. The van der Waals surface area contributed by atoms with Gasteiger partial charge in [0, 0.05) is 12.1 Å². The molecule has 0 radical (unpaired) electrons. The summed E-state index contributed by atoms with van der Waals surface area (Å²) in [5.41, 5.74) is 2.99. The molecule has 1 aromatic heterocycles. The summed E-state index contributed by atoms with van der Waals surface area (Å²) in [4.78, 5) is 3.27. The Hall–Kier alpha value is -2.59. The average Bonchev–Trinajstić information content (AvgIpc) is 2.80. The number of benzene rings is 2. The summed E-state index contributed by atoms with van der Waals surface area (Å²) in [7, 11) is -8.00. The lowest BCUT2D eigenvalue weighted by molar-refractivity contribution is -0.395. The van der Waals surface area contributed by atoms with Crippen LogP contribution in [0.3, 0.4) is 0 Å². The summed E-state index contributed by atoms with van der Waals surface area (Å²) in [6.45, 7) is 3.75. The highest BCUT2D eigenvalue weighted by atomic mass is 32.2. The average molecular weight is 504 g/mol. The molecule has 3 aromatic rings. The largest absolute Gasteiger partial charge is 0.744 e. The summed E-state index contributed by atoms with van der Waals surface area (Å²) in [6.07, 6.45) is 5.35. The molecule has 0 bridgehead atoms. The van der Waals surface area contributed by atoms with E-state index in [1.807, 2.05) is 38.2 Å². The molecule has 1 heterocycles. The van der Waals surface area contributed by atoms with Crippen molar-refractivity contribution in [2.75, 3.05) is 0 Å². The maximum absolute atomic E-state index is 12.6. The van der Waals surface area contributed by atoms with E-state index in [0.717, 1.165) is 42.5 Å². The molecule has 2 aromatic carbocycles. The minimum atomic E-state index is -4.27. The second-order valence-corrected chi connectivity index (χ2v) is 11.3. The predicted molar refractivity (Wildman–Crippen MR) is 127 cm³/mol. The van der Waals surface area contributed by atoms with Crippen LogP contribution in [0.25, 0.3) is 0 Å². The molecule has 7 nitrogen and oxygen atoms in total. The molecule has 1 N–H and O–H groups in total. The number of rotatable bonds is 5. The monoisotopic (exact) mass is 503 g/mol. The van der Waals surface area contributed by atoms with Crippen molar-refractivity contribution in [1.82, 2.24) is 0 Å². The molecule has 1 fully saturated rings. The van der Waals surface area contributed by atoms with Crippen molar-refractivity contribution in [3.05, 3.63) is 89.7 Å². The van der Waals surface area contributed by atoms with E-state index >= 15 is 0 Å². The standard InChI is InChI=1S/C18H21NO3S.C7H8O3S/c1-14-9-11-15(12-10-14)23(20,21)22-18-8-3-2-6-16(18)17-7-4-5-13-19-17;1-6-2-4-7(5-3-6)11(8,9)10/h4-5,7,9-13,16,18H,2-3,6,8H2,1H3;2-5H,1H3,(H,8,9,10). The zero-order chi connectivity index (χ0) is 24.8. The maximum Gasteiger partial charge on any atom is 0.297 e. The SMILES string of the molecule is Cc1ccc(S(=O)(=O)OC2CCCCC2c2cccc[nH+]2)cc1.Cc1ccc(S(=O)(=O)[O-])cc1. The summed E-state index contributed by atoms with van der Waals surface area (Å²) in [5.74, 6) is 0.0881. The van der Waals surface area contributed by atoms with Crippen molar-refractivity contribution >= 4 is 20.2 Å². The minimum Gasteiger partial charge on any atom is -0.744 e. The van der Waals surface area contributed by atoms with E-state index in [4.69, 9.17) is 4.18 Å². The molecular formula is C25H29NO6S2. The number of aromatic amines is 1. The van der Waals surface area contributed by atoms with Crippen molar-refractivity contribution in [2.45, 2.75) is 61.3 Å². The van der Waals surface area contributed by atoms with Crippen LogP contribution in [0.5, 0.6) is 0 Å². The summed E-state index contributed by atoms with van der Waals surface area (Å²) < 4.78 is 61.9. The van der Waals surface area contributed by atoms with Gasteiger partial charge in [0.25, 0.3) is 10.1 Å². The Kier molecular flexibility index (Phi) is 8.59. The van der Waals surface area contributed by atoms with Crippen LogP contribution in [0.4, 0.5) is 0 Å². The lowest BCUT2D eigenvalue weighted by Gasteiger charge is -2.28. The first-order valence-electron chi connectivity index (χ1n) is 11.1. The van der Waals surface area contributed by atoms with Crippen LogP contribution in [0.2, 0.25) is 0 Å². The first-order valence-corrected chi connectivity index (χ1v) is 13.9. The van der Waals surface area contributed by atoms with E-state index < -0.39 is 20.2 Å². The van der Waals surface area contributed by atoms with Gasteiger partial charge in [-0.2, -0.15) is 8.42 Å². The van der Waals surface area contributed by atoms with Crippen molar-refractivity contribution in [2.24, 2.45) is 0 Å². The van der Waals surface area contributed by atoms with E-state index in [0.29, 0.717) is 0 Å². The lowest BCUT2D eigenvalue weighted by atomic mass is 9.84. The first kappa shape index (κ1) is 26.0. The molecule has 34 heavy (non-hydrogen) atoms. The van der Waals surface area contributed by atoms with E-state index in [-0.39, 0.29) is 21.8 Å². The number of hydrogen-bond acceptors (Lipinski definition) is 6. The quantitative estimate of drug-likeness (QED) is 0.382. The Morgan fingerprint density at radius 2 is 1.35 bits per heavy atom. The highest BCUT2D eigenvalue weighted by molar-refractivity contribution is 7.86. The van der Waals surface area contributed by atoms with Gasteiger partial charge in [0.2, 0.25) is 0 Å². The van der Waals surface area contributed by atoms with Crippen molar-refractivity contribution in [3.63, 3.8) is 0 Å². The fourth-order valence-corrected chi connectivity index (χ4v) is 5.44. The summed E-state index contributed by atoms with van der Waals surface area (Å²) in [6, 6.07) is 18.5. The fraction of sp³-hybridized carbons (Fsp3) is 0.320. The van der Waals surface area contributed by atoms with Crippen molar-refractivity contribution in [3.8, 4) is 0 Å². The van der Waals surface area contributed by atoms with Gasteiger partial charge in [0.05, 0.1) is 21.8 Å². The van der Waals surface area contributed by atoms with Crippen LogP contribution in [0.15, 0.2) is 82.7 Å². The van der Waals surface area contributed by atoms with Gasteiger partial charge >= 0.3 is 0 Å². The number of aryl methyl sites for hydroxylation is 2. The number of nitrogens with one attached hydrogen (secondary N) is 1. The fourth-order valence-electron chi connectivity index (χ4n) is 3.83. The molecule has 2 atom stereocenters. The molecular weight excluding hydrogens is 474 g/mol. The van der Waals surface area contributed by atoms with Gasteiger partial charge in [0.1, 0.15) is 10.1 Å². The topological polar surface area (TPSA) is 115 Å². The van der Waals surface area contributed by atoms with Crippen LogP contribution in [0.1, 0.15) is 48.4 Å². The zero-order valence-electron chi connectivity index (χ0n) is 19.2. The third-order valence-corrected chi connectivity index (χ3v) is 7.90. The normalized spacial score (nSPS) is 18.6. The summed E-state index contributed by atoms with van der Waals surface area (Å²) >= 11 is 0. The number of H-pyrrole nitrogens is 1. The van der Waals surface area contributed by atoms with Crippen LogP contribution in [0, 0.1) is 13.8 Å². The number of pyridine rings is 1. The Balaban J connectivity index is 0.000000248. The van der Waals surface area contributed by atoms with E-state index in [1.54, 1.807) is 36.4 Å². The smallest absolute Gasteiger partial charge is 0.297 e. The molecule has 4 rings (SSSR count). The second-order valence-electron chi connectivity index (χ2n) is 8.38. The van der Waals surface area contributed by atoms with Gasteiger partial charge in [-0.15, -0.1) is 0 Å². The van der Waals surface area contributed by atoms with E-state index in [9.17, 15) is 21.4 Å². The second kappa shape index (κ2) is 11.2. The van der Waals surface area contributed by atoms with Gasteiger partial charge in [-0.25, -0.2) is 13.4 Å².